The summed E-state index contributed by atoms with van der Waals surface area (Å²) < 4.78 is 35.1. The smallest absolute Gasteiger partial charge is 0.243 e. The number of hydrogen-bond donors (Lipinski definition) is 1. The van der Waals surface area contributed by atoms with Crippen molar-refractivity contribution in [1.29, 1.82) is 0 Å². The molecule has 8 nitrogen and oxygen atoms in total. The topological polar surface area (TPSA) is 79.7 Å². The lowest BCUT2D eigenvalue weighted by Crippen LogP contribution is -2.44. The molecule has 2 saturated heterocycles. The summed E-state index contributed by atoms with van der Waals surface area (Å²) >= 11 is 0. The van der Waals surface area contributed by atoms with Gasteiger partial charge in [-0.25, -0.2) is 13.4 Å². The lowest BCUT2D eigenvalue weighted by atomic mass is 10.0. The average molecular weight is 450 g/mol. The number of fused-ring (bicyclic) bond motifs is 1. The Morgan fingerprint density at radius 1 is 1.16 bits per heavy atom. The van der Waals surface area contributed by atoms with E-state index in [2.05, 4.69) is 35.6 Å². The van der Waals surface area contributed by atoms with Crippen molar-refractivity contribution in [1.82, 2.24) is 24.1 Å². The Bertz CT molecular complexity index is 990. The van der Waals surface area contributed by atoms with E-state index in [0.29, 0.717) is 43.3 Å². The maximum absolute atomic E-state index is 13.0. The molecule has 1 aromatic carbocycles. The number of aryl methyl sites for hydroxylation is 1. The lowest BCUT2D eigenvalue weighted by Gasteiger charge is -2.33. The van der Waals surface area contributed by atoms with Gasteiger partial charge in [0.15, 0.2) is 0 Å². The number of piperidine rings is 1. The van der Waals surface area contributed by atoms with Crippen molar-refractivity contribution in [3.05, 3.63) is 24.0 Å². The molecule has 2 aliphatic rings. The molecule has 3 heterocycles. The van der Waals surface area contributed by atoms with Gasteiger partial charge in [0, 0.05) is 44.8 Å². The predicted octanol–water partition coefficient (Wildman–Crippen LogP) is 2.04. The molecular formula is C22H35N5O3S. The summed E-state index contributed by atoms with van der Waals surface area (Å²) in [6.45, 7) is 11.9. The molecule has 0 atom stereocenters. The third-order valence-electron chi connectivity index (χ3n) is 6.24. The van der Waals surface area contributed by atoms with Crippen LogP contribution < -0.4 is 5.32 Å². The molecule has 0 saturated carbocycles. The number of nitrogens with one attached hydrogen (secondary N) is 1. The number of likely N-dealkylation sites (tertiary alicyclic amines) is 1. The molecule has 4 rings (SSSR count). The van der Waals surface area contributed by atoms with Gasteiger partial charge in [-0.2, -0.15) is 4.31 Å². The first-order valence-corrected chi connectivity index (χ1v) is 12.9. The van der Waals surface area contributed by atoms with Crippen LogP contribution in [0.5, 0.6) is 0 Å². The second-order valence-electron chi connectivity index (χ2n) is 8.81. The van der Waals surface area contributed by atoms with E-state index in [1.54, 1.807) is 12.1 Å². The van der Waals surface area contributed by atoms with Gasteiger partial charge in [-0.1, -0.05) is 13.8 Å². The average Bonchev–Trinajstić information content (AvgIpc) is 3.11. The summed E-state index contributed by atoms with van der Waals surface area (Å²) in [4.78, 5) is 7.63. The van der Waals surface area contributed by atoms with Crippen LogP contribution in [0.25, 0.3) is 11.0 Å². The summed E-state index contributed by atoms with van der Waals surface area (Å²) in [5.74, 6) is 1.01. The zero-order valence-electron chi connectivity index (χ0n) is 18.9. The fourth-order valence-corrected chi connectivity index (χ4v) is 6.09. The summed E-state index contributed by atoms with van der Waals surface area (Å²) in [7, 11) is -3.52. The van der Waals surface area contributed by atoms with Gasteiger partial charge in [0.2, 0.25) is 10.0 Å². The summed E-state index contributed by atoms with van der Waals surface area (Å²) in [5, 5.41) is 3.64. The molecule has 0 aliphatic carbocycles. The van der Waals surface area contributed by atoms with Crippen LogP contribution in [-0.2, 0) is 27.8 Å². The highest BCUT2D eigenvalue weighted by Crippen LogP contribution is 2.25. The van der Waals surface area contributed by atoms with Crippen LogP contribution in [0.15, 0.2) is 23.1 Å². The van der Waals surface area contributed by atoms with Crippen LogP contribution in [0.1, 0.15) is 39.4 Å². The number of ether oxygens (including phenoxy) is 1. The van der Waals surface area contributed by atoms with Crippen molar-refractivity contribution < 1.29 is 13.2 Å². The molecule has 0 spiro atoms. The molecule has 2 fully saturated rings. The van der Waals surface area contributed by atoms with E-state index in [1.165, 1.54) is 4.31 Å². The zero-order chi connectivity index (χ0) is 22.0. The molecule has 0 amide bonds. The number of imidazole rings is 1. The minimum Gasteiger partial charge on any atom is -0.379 e. The second kappa shape index (κ2) is 9.54. The molecule has 0 unspecified atom stereocenters. The fourth-order valence-electron chi connectivity index (χ4n) is 4.66. The van der Waals surface area contributed by atoms with Crippen molar-refractivity contribution in [3.63, 3.8) is 0 Å². The van der Waals surface area contributed by atoms with Crippen LogP contribution in [-0.4, -0.2) is 78.7 Å². The Kier molecular flexibility index (Phi) is 6.98. The Morgan fingerprint density at radius 2 is 1.87 bits per heavy atom. The zero-order valence-corrected chi connectivity index (χ0v) is 19.7. The number of benzene rings is 1. The maximum atomic E-state index is 13.0. The van der Waals surface area contributed by atoms with Crippen LogP contribution >= 0.6 is 0 Å². The monoisotopic (exact) mass is 449 g/mol. The molecule has 2 aromatic rings. The number of sulfonamides is 1. The third-order valence-corrected chi connectivity index (χ3v) is 8.14. The molecule has 1 N–H and O–H groups in total. The third kappa shape index (κ3) is 4.96. The number of nitrogens with zero attached hydrogens (tertiary/aromatic N) is 4. The lowest BCUT2D eigenvalue weighted by molar-refractivity contribution is 0.0730. The molecule has 9 heteroatoms. The SMILES string of the molecule is CCn1c(CN2CCC(NC(C)C)CC2)nc2cc(S(=O)(=O)N3CCOCC3)ccc21. The maximum Gasteiger partial charge on any atom is 0.243 e. The molecule has 172 valence electrons. The molecular weight excluding hydrogens is 414 g/mol. The molecule has 0 radical (unpaired) electrons. The van der Waals surface area contributed by atoms with Crippen LogP contribution in [0, 0.1) is 0 Å². The van der Waals surface area contributed by atoms with Crippen LogP contribution in [0.2, 0.25) is 0 Å². The highest BCUT2D eigenvalue weighted by Gasteiger charge is 2.27. The number of hydrogen-bond acceptors (Lipinski definition) is 6. The Balaban J connectivity index is 1.52. The number of aromatic nitrogens is 2. The first-order valence-electron chi connectivity index (χ1n) is 11.4. The molecule has 31 heavy (non-hydrogen) atoms. The van der Waals surface area contributed by atoms with E-state index in [4.69, 9.17) is 9.72 Å². The quantitative estimate of drug-likeness (QED) is 0.697. The van der Waals surface area contributed by atoms with Gasteiger partial charge in [0.05, 0.1) is 35.7 Å². The minimum absolute atomic E-state index is 0.315. The van der Waals surface area contributed by atoms with Gasteiger partial charge < -0.3 is 14.6 Å². The highest BCUT2D eigenvalue weighted by molar-refractivity contribution is 7.89. The van der Waals surface area contributed by atoms with Gasteiger partial charge in [0.1, 0.15) is 5.82 Å². The van der Waals surface area contributed by atoms with Gasteiger partial charge in [-0.15, -0.1) is 0 Å². The highest BCUT2D eigenvalue weighted by atomic mass is 32.2. The van der Waals surface area contributed by atoms with Crippen molar-refractivity contribution in [2.45, 2.75) is 63.7 Å². The normalized spacial score (nSPS) is 20.1. The summed E-state index contributed by atoms with van der Waals surface area (Å²) in [5.41, 5.74) is 1.75. The fraction of sp³-hybridized carbons (Fsp3) is 0.682. The standard InChI is InChI=1S/C22H35N5O3S/c1-4-27-21-6-5-19(31(28,29)26-11-13-30-14-12-26)15-20(21)24-22(27)16-25-9-7-18(8-10-25)23-17(2)3/h5-6,15,17-18,23H,4,7-14,16H2,1-3H3. The summed E-state index contributed by atoms with van der Waals surface area (Å²) in [6.07, 6.45) is 2.29. The van der Waals surface area contributed by atoms with Crippen molar-refractivity contribution in [2.75, 3.05) is 39.4 Å². The Hall–Kier alpha value is -1.52. The predicted molar refractivity (Wildman–Crippen MR) is 122 cm³/mol. The first-order chi connectivity index (χ1) is 14.9. The first kappa shape index (κ1) is 22.7. The largest absolute Gasteiger partial charge is 0.379 e. The molecule has 0 bridgehead atoms. The Morgan fingerprint density at radius 3 is 2.52 bits per heavy atom. The molecule has 1 aromatic heterocycles. The van der Waals surface area contributed by atoms with E-state index in [9.17, 15) is 8.42 Å². The minimum atomic E-state index is -3.52. The van der Waals surface area contributed by atoms with E-state index < -0.39 is 10.0 Å². The van der Waals surface area contributed by atoms with E-state index in [-0.39, 0.29) is 0 Å². The number of morpholine rings is 1. The Labute approximate surface area is 185 Å². The van der Waals surface area contributed by atoms with Gasteiger partial charge in [-0.05, 0) is 38.0 Å². The summed E-state index contributed by atoms with van der Waals surface area (Å²) in [6, 6.07) is 6.46. The van der Waals surface area contributed by atoms with Crippen LogP contribution in [0.3, 0.4) is 0 Å². The van der Waals surface area contributed by atoms with Crippen molar-refractivity contribution in [2.24, 2.45) is 0 Å². The number of rotatable bonds is 7. The van der Waals surface area contributed by atoms with E-state index in [0.717, 1.165) is 55.9 Å². The van der Waals surface area contributed by atoms with Gasteiger partial charge in [-0.3, -0.25) is 4.90 Å². The van der Waals surface area contributed by atoms with E-state index in [1.807, 2.05) is 6.07 Å². The van der Waals surface area contributed by atoms with Crippen molar-refractivity contribution >= 4 is 21.1 Å². The van der Waals surface area contributed by atoms with Crippen LogP contribution in [0.4, 0.5) is 0 Å². The van der Waals surface area contributed by atoms with E-state index >= 15 is 0 Å². The second-order valence-corrected chi connectivity index (χ2v) is 10.7. The molecule has 2 aliphatic heterocycles. The van der Waals surface area contributed by atoms with Crippen molar-refractivity contribution in [3.8, 4) is 0 Å². The van der Waals surface area contributed by atoms with Gasteiger partial charge >= 0.3 is 0 Å². The van der Waals surface area contributed by atoms with Gasteiger partial charge in [0.25, 0.3) is 0 Å².